The van der Waals surface area contributed by atoms with Crippen LogP contribution in [0.4, 0.5) is 10.6 Å². The molecular weight excluding hydrogens is 374 g/mol. The Bertz CT molecular complexity index is 1000. The molecule has 0 bridgehead atoms. The molecule has 0 spiro atoms. The van der Waals surface area contributed by atoms with E-state index in [2.05, 4.69) is 20.7 Å². The average molecular weight is 395 g/mol. The summed E-state index contributed by atoms with van der Waals surface area (Å²) in [6.45, 7) is 0. The highest BCUT2D eigenvalue weighted by molar-refractivity contribution is 5.96. The van der Waals surface area contributed by atoms with Gasteiger partial charge in [-0.15, -0.1) is 0 Å². The summed E-state index contributed by atoms with van der Waals surface area (Å²) in [6.07, 6.45) is 0.564. The number of carboxylic acid groups (broad SMARTS) is 1. The Morgan fingerprint density at radius 2 is 1.97 bits per heavy atom. The number of carbonyl (C=O) groups excluding carboxylic acids is 1. The quantitative estimate of drug-likeness (QED) is 0.565. The molecule has 9 nitrogen and oxygen atoms in total. The van der Waals surface area contributed by atoms with Gasteiger partial charge in [-0.25, -0.2) is 9.78 Å². The van der Waals surface area contributed by atoms with Crippen LogP contribution in [0, 0.1) is 0 Å². The van der Waals surface area contributed by atoms with E-state index in [-0.39, 0.29) is 6.42 Å². The van der Waals surface area contributed by atoms with Crippen molar-refractivity contribution in [2.24, 2.45) is 7.05 Å². The van der Waals surface area contributed by atoms with Crippen molar-refractivity contribution in [1.82, 2.24) is 20.1 Å². The SMILES string of the molecule is COc1cc(-c2cc(NC(=O)[C@H](Cc3ccccc3)NC(=O)O)n(C)n2)ccn1. The van der Waals surface area contributed by atoms with Crippen LogP contribution in [0.25, 0.3) is 11.3 Å². The van der Waals surface area contributed by atoms with Gasteiger partial charge >= 0.3 is 6.09 Å². The Kier molecular flexibility index (Phi) is 6.08. The Balaban J connectivity index is 1.78. The smallest absolute Gasteiger partial charge is 0.405 e. The highest BCUT2D eigenvalue weighted by Gasteiger charge is 2.22. The van der Waals surface area contributed by atoms with Crippen LogP contribution in [0.15, 0.2) is 54.7 Å². The van der Waals surface area contributed by atoms with Crippen LogP contribution in [0.2, 0.25) is 0 Å². The number of rotatable bonds is 7. The zero-order valence-electron chi connectivity index (χ0n) is 16.0. The first kappa shape index (κ1) is 19.9. The van der Waals surface area contributed by atoms with Crippen LogP contribution in [0.5, 0.6) is 5.88 Å². The first-order valence-corrected chi connectivity index (χ1v) is 8.85. The van der Waals surface area contributed by atoms with Gasteiger partial charge in [0.05, 0.1) is 12.8 Å². The van der Waals surface area contributed by atoms with Crippen LogP contribution in [0.3, 0.4) is 0 Å². The molecule has 3 N–H and O–H groups in total. The van der Waals surface area contributed by atoms with Gasteiger partial charge in [-0.2, -0.15) is 5.10 Å². The van der Waals surface area contributed by atoms with Crippen LogP contribution in [0.1, 0.15) is 5.56 Å². The fourth-order valence-corrected chi connectivity index (χ4v) is 2.83. The highest BCUT2D eigenvalue weighted by Crippen LogP contribution is 2.23. The molecule has 0 saturated heterocycles. The second kappa shape index (κ2) is 8.87. The molecule has 2 heterocycles. The number of methoxy groups -OCH3 is 1. The molecule has 3 aromatic rings. The second-order valence-electron chi connectivity index (χ2n) is 6.31. The topological polar surface area (TPSA) is 118 Å². The molecule has 0 aliphatic carbocycles. The van der Waals surface area contributed by atoms with Crippen LogP contribution >= 0.6 is 0 Å². The van der Waals surface area contributed by atoms with E-state index in [0.29, 0.717) is 17.4 Å². The molecule has 2 amide bonds. The number of aromatic nitrogens is 3. The minimum atomic E-state index is -1.27. The molecule has 0 saturated carbocycles. The lowest BCUT2D eigenvalue weighted by Gasteiger charge is -2.16. The Morgan fingerprint density at radius 3 is 2.66 bits per heavy atom. The summed E-state index contributed by atoms with van der Waals surface area (Å²) in [5.41, 5.74) is 2.24. The largest absolute Gasteiger partial charge is 0.481 e. The number of benzene rings is 1. The van der Waals surface area contributed by atoms with E-state index in [0.717, 1.165) is 11.1 Å². The number of aryl methyl sites for hydroxylation is 1. The number of pyridine rings is 1. The number of nitrogens with zero attached hydrogens (tertiary/aromatic N) is 3. The van der Waals surface area contributed by atoms with E-state index >= 15 is 0 Å². The van der Waals surface area contributed by atoms with Crippen molar-refractivity contribution in [2.75, 3.05) is 12.4 Å². The summed E-state index contributed by atoms with van der Waals surface area (Å²) in [5.74, 6) is 0.413. The van der Waals surface area contributed by atoms with Crippen molar-refractivity contribution in [2.45, 2.75) is 12.5 Å². The Labute approximate surface area is 167 Å². The summed E-state index contributed by atoms with van der Waals surface area (Å²) in [6, 6.07) is 13.5. The molecule has 2 aromatic heterocycles. The van der Waals surface area contributed by atoms with Gasteiger partial charge in [-0.05, 0) is 11.6 Å². The lowest BCUT2D eigenvalue weighted by molar-refractivity contribution is -0.118. The fourth-order valence-electron chi connectivity index (χ4n) is 2.83. The standard InChI is InChI=1S/C20H21N5O4/c1-25-17(12-15(24-25)14-8-9-21-18(11-14)29-2)23-19(26)16(22-20(27)28)10-13-6-4-3-5-7-13/h3-9,11-12,16,22H,10H2,1-2H3,(H,23,26)(H,27,28)/t16-/m0/s1. The second-order valence-corrected chi connectivity index (χ2v) is 6.31. The Hall–Kier alpha value is -3.88. The van der Waals surface area contributed by atoms with Gasteiger partial charge in [0.1, 0.15) is 11.9 Å². The first-order chi connectivity index (χ1) is 14.0. The van der Waals surface area contributed by atoms with Crippen molar-refractivity contribution in [3.8, 4) is 17.1 Å². The number of amides is 2. The summed E-state index contributed by atoms with van der Waals surface area (Å²) in [4.78, 5) is 28.0. The molecule has 1 atom stereocenters. The van der Waals surface area contributed by atoms with Crippen molar-refractivity contribution in [3.63, 3.8) is 0 Å². The molecule has 0 aliphatic heterocycles. The maximum atomic E-state index is 12.7. The third-order valence-electron chi connectivity index (χ3n) is 4.27. The van der Waals surface area contributed by atoms with E-state index in [4.69, 9.17) is 9.84 Å². The number of hydrogen-bond acceptors (Lipinski definition) is 5. The minimum Gasteiger partial charge on any atom is -0.481 e. The van der Waals surface area contributed by atoms with Gasteiger partial charge in [-0.1, -0.05) is 30.3 Å². The number of carbonyl (C=O) groups is 2. The van der Waals surface area contributed by atoms with Crippen molar-refractivity contribution in [3.05, 3.63) is 60.3 Å². The fraction of sp³-hybridized carbons (Fsp3) is 0.200. The van der Waals surface area contributed by atoms with Gasteiger partial charge in [0, 0.05) is 37.4 Å². The maximum Gasteiger partial charge on any atom is 0.405 e. The van der Waals surface area contributed by atoms with Gasteiger partial charge in [-0.3, -0.25) is 9.48 Å². The summed E-state index contributed by atoms with van der Waals surface area (Å²) < 4.78 is 6.64. The number of nitrogens with one attached hydrogen (secondary N) is 2. The van der Waals surface area contributed by atoms with E-state index in [1.807, 2.05) is 30.3 Å². The number of ether oxygens (including phenoxy) is 1. The monoisotopic (exact) mass is 395 g/mol. The molecule has 0 fully saturated rings. The third-order valence-corrected chi connectivity index (χ3v) is 4.27. The molecule has 0 aliphatic rings. The molecule has 29 heavy (non-hydrogen) atoms. The molecule has 0 unspecified atom stereocenters. The molecule has 9 heteroatoms. The number of anilines is 1. The molecule has 0 radical (unpaired) electrons. The maximum absolute atomic E-state index is 12.7. The normalized spacial score (nSPS) is 11.5. The lowest BCUT2D eigenvalue weighted by atomic mass is 10.1. The lowest BCUT2D eigenvalue weighted by Crippen LogP contribution is -2.44. The minimum absolute atomic E-state index is 0.227. The molecule has 1 aromatic carbocycles. The van der Waals surface area contributed by atoms with Gasteiger partial charge in [0.2, 0.25) is 11.8 Å². The summed E-state index contributed by atoms with van der Waals surface area (Å²) >= 11 is 0. The van der Waals surface area contributed by atoms with Gasteiger partial charge in [0.25, 0.3) is 0 Å². The molecule has 150 valence electrons. The van der Waals surface area contributed by atoms with E-state index in [1.54, 1.807) is 31.4 Å². The Morgan fingerprint density at radius 1 is 1.21 bits per heavy atom. The van der Waals surface area contributed by atoms with Crippen LogP contribution in [-0.2, 0) is 18.3 Å². The third kappa shape index (κ3) is 5.10. The zero-order chi connectivity index (χ0) is 20.8. The van der Waals surface area contributed by atoms with Crippen molar-refractivity contribution >= 4 is 17.8 Å². The predicted octanol–water partition coefficient (Wildman–Crippen LogP) is 2.31. The van der Waals surface area contributed by atoms with E-state index < -0.39 is 18.0 Å². The van der Waals surface area contributed by atoms with E-state index in [1.165, 1.54) is 11.8 Å². The van der Waals surface area contributed by atoms with Gasteiger partial charge in [0.15, 0.2) is 0 Å². The van der Waals surface area contributed by atoms with Crippen LogP contribution < -0.4 is 15.4 Å². The van der Waals surface area contributed by atoms with Crippen LogP contribution in [-0.4, -0.2) is 45.0 Å². The average Bonchev–Trinajstić information content (AvgIpc) is 3.08. The number of hydrogen-bond donors (Lipinski definition) is 3. The van der Waals surface area contributed by atoms with Crippen molar-refractivity contribution < 1.29 is 19.4 Å². The summed E-state index contributed by atoms with van der Waals surface area (Å²) in [5, 5.41) is 18.5. The van der Waals surface area contributed by atoms with Crippen molar-refractivity contribution in [1.29, 1.82) is 0 Å². The highest BCUT2D eigenvalue weighted by atomic mass is 16.5. The first-order valence-electron chi connectivity index (χ1n) is 8.85. The molecule has 3 rings (SSSR count). The zero-order valence-corrected chi connectivity index (χ0v) is 16.0. The predicted molar refractivity (Wildman–Crippen MR) is 107 cm³/mol. The summed E-state index contributed by atoms with van der Waals surface area (Å²) in [7, 11) is 3.22. The molecular formula is C20H21N5O4. The van der Waals surface area contributed by atoms with E-state index in [9.17, 15) is 9.59 Å². The van der Waals surface area contributed by atoms with Gasteiger partial charge < -0.3 is 20.5 Å².